The van der Waals surface area contributed by atoms with Gasteiger partial charge in [-0.1, -0.05) is 19.1 Å². The van der Waals surface area contributed by atoms with Crippen molar-refractivity contribution in [2.75, 3.05) is 26.1 Å². The van der Waals surface area contributed by atoms with Crippen LogP contribution in [0.3, 0.4) is 0 Å². The molecule has 2 aromatic rings. The largest absolute Gasteiger partial charge is 0.497 e. The van der Waals surface area contributed by atoms with Crippen LogP contribution in [0.4, 0.5) is 5.69 Å². The monoisotopic (exact) mass is 301 g/mol. The summed E-state index contributed by atoms with van der Waals surface area (Å²) in [6.07, 6.45) is 0.968. The summed E-state index contributed by atoms with van der Waals surface area (Å²) in [6, 6.07) is 13.9. The zero-order valence-corrected chi connectivity index (χ0v) is 13.4. The second-order valence-electron chi connectivity index (χ2n) is 4.92. The maximum atomic E-state index is 5.73. The molecule has 0 radical (unpaired) electrons. The molecule has 2 rings (SSSR count). The summed E-state index contributed by atoms with van der Waals surface area (Å²) in [7, 11) is 3.32. The fraction of sp³-hybridized carbons (Fsp3) is 0.333. The first-order valence-electron chi connectivity index (χ1n) is 7.44. The van der Waals surface area contributed by atoms with Crippen molar-refractivity contribution < 1.29 is 14.2 Å². The first-order valence-corrected chi connectivity index (χ1v) is 7.44. The predicted molar refractivity (Wildman–Crippen MR) is 89.1 cm³/mol. The maximum absolute atomic E-state index is 5.73. The number of rotatable bonds is 8. The van der Waals surface area contributed by atoms with Crippen LogP contribution in [0.1, 0.15) is 18.9 Å². The first-order chi connectivity index (χ1) is 10.8. The normalized spacial score (nSPS) is 10.1. The lowest BCUT2D eigenvalue weighted by Crippen LogP contribution is -2.02. The van der Waals surface area contributed by atoms with Gasteiger partial charge in [-0.15, -0.1) is 0 Å². The molecule has 0 saturated heterocycles. The molecule has 4 heteroatoms. The molecule has 0 aliphatic carbocycles. The predicted octanol–water partition coefficient (Wildman–Crippen LogP) is 4.10. The molecule has 118 valence electrons. The summed E-state index contributed by atoms with van der Waals surface area (Å²) in [6.45, 7) is 3.48. The average molecular weight is 301 g/mol. The first kappa shape index (κ1) is 16.0. The van der Waals surface area contributed by atoms with E-state index in [4.69, 9.17) is 14.2 Å². The Bertz CT molecular complexity index is 599. The zero-order chi connectivity index (χ0) is 15.8. The molecule has 0 spiro atoms. The van der Waals surface area contributed by atoms with E-state index >= 15 is 0 Å². The number of ether oxygens (including phenoxy) is 3. The van der Waals surface area contributed by atoms with Gasteiger partial charge in [0.15, 0.2) is 11.5 Å². The third-order valence-corrected chi connectivity index (χ3v) is 3.26. The Morgan fingerprint density at radius 1 is 0.955 bits per heavy atom. The Morgan fingerprint density at radius 3 is 2.55 bits per heavy atom. The van der Waals surface area contributed by atoms with E-state index in [-0.39, 0.29) is 0 Å². The highest BCUT2D eigenvalue weighted by Crippen LogP contribution is 2.28. The van der Waals surface area contributed by atoms with Gasteiger partial charge in [-0.05, 0) is 36.2 Å². The standard InChI is InChI=1S/C18H23NO3/c1-4-10-22-18-11-14(8-9-17(18)21-3)13-19-15-6-5-7-16(12-15)20-2/h5-9,11-12,19H,4,10,13H2,1-3H3. The molecule has 0 fully saturated rings. The molecular weight excluding hydrogens is 278 g/mol. The summed E-state index contributed by atoms with van der Waals surface area (Å²) in [4.78, 5) is 0. The molecule has 22 heavy (non-hydrogen) atoms. The molecule has 0 aromatic heterocycles. The van der Waals surface area contributed by atoms with E-state index in [1.54, 1.807) is 14.2 Å². The van der Waals surface area contributed by atoms with E-state index in [1.165, 1.54) is 0 Å². The SMILES string of the molecule is CCCOc1cc(CNc2cccc(OC)c2)ccc1OC. The summed E-state index contributed by atoms with van der Waals surface area (Å²) in [5.41, 5.74) is 2.15. The van der Waals surface area contributed by atoms with E-state index in [9.17, 15) is 0 Å². The number of anilines is 1. The Labute approximate surface area is 132 Å². The summed E-state index contributed by atoms with van der Waals surface area (Å²) in [5.74, 6) is 2.39. The van der Waals surface area contributed by atoms with E-state index in [0.29, 0.717) is 13.2 Å². The van der Waals surface area contributed by atoms with Gasteiger partial charge in [0, 0.05) is 18.3 Å². The third-order valence-electron chi connectivity index (χ3n) is 3.26. The summed E-state index contributed by atoms with van der Waals surface area (Å²) >= 11 is 0. The van der Waals surface area contributed by atoms with Gasteiger partial charge in [-0.3, -0.25) is 0 Å². The van der Waals surface area contributed by atoms with Gasteiger partial charge in [0.1, 0.15) is 5.75 Å². The van der Waals surface area contributed by atoms with E-state index in [1.807, 2.05) is 42.5 Å². The molecule has 0 atom stereocenters. The number of hydrogen-bond acceptors (Lipinski definition) is 4. The van der Waals surface area contributed by atoms with Crippen LogP contribution in [0.15, 0.2) is 42.5 Å². The van der Waals surface area contributed by atoms with Gasteiger partial charge in [0.05, 0.1) is 20.8 Å². The van der Waals surface area contributed by atoms with Crippen LogP contribution < -0.4 is 19.5 Å². The second kappa shape index (κ2) is 8.17. The van der Waals surface area contributed by atoms with E-state index in [2.05, 4.69) is 12.2 Å². The molecule has 4 nitrogen and oxygen atoms in total. The summed E-state index contributed by atoms with van der Waals surface area (Å²) < 4.78 is 16.3. The van der Waals surface area contributed by atoms with Crippen LogP contribution in [-0.4, -0.2) is 20.8 Å². The van der Waals surface area contributed by atoms with Gasteiger partial charge in [-0.2, -0.15) is 0 Å². The zero-order valence-electron chi connectivity index (χ0n) is 13.4. The van der Waals surface area contributed by atoms with Gasteiger partial charge in [0.2, 0.25) is 0 Å². The lowest BCUT2D eigenvalue weighted by molar-refractivity contribution is 0.294. The molecule has 0 aliphatic heterocycles. The Morgan fingerprint density at radius 2 is 1.82 bits per heavy atom. The molecule has 0 saturated carbocycles. The van der Waals surface area contributed by atoms with Crippen molar-refractivity contribution in [1.82, 2.24) is 0 Å². The number of hydrogen-bond donors (Lipinski definition) is 1. The van der Waals surface area contributed by atoms with Gasteiger partial charge in [0.25, 0.3) is 0 Å². The van der Waals surface area contributed by atoms with Gasteiger partial charge in [-0.25, -0.2) is 0 Å². The molecule has 0 bridgehead atoms. The van der Waals surface area contributed by atoms with Crippen LogP contribution in [0.2, 0.25) is 0 Å². The Hall–Kier alpha value is -2.36. The Kier molecular flexibility index (Phi) is 5.95. The minimum atomic E-state index is 0.684. The maximum Gasteiger partial charge on any atom is 0.161 e. The van der Waals surface area contributed by atoms with E-state index < -0.39 is 0 Å². The van der Waals surface area contributed by atoms with Crippen molar-refractivity contribution in [2.24, 2.45) is 0 Å². The van der Waals surface area contributed by atoms with Crippen molar-refractivity contribution in [3.63, 3.8) is 0 Å². The van der Waals surface area contributed by atoms with Gasteiger partial charge >= 0.3 is 0 Å². The smallest absolute Gasteiger partial charge is 0.161 e. The average Bonchev–Trinajstić information content (AvgIpc) is 2.58. The van der Waals surface area contributed by atoms with Crippen molar-refractivity contribution in [3.05, 3.63) is 48.0 Å². The van der Waals surface area contributed by atoms with Crippen molar-refractivity contribution in [1.29, 1.82) is 0 Å². The molecule has 0 amide bonds. The van der Waals surface area contributed by atoms with Gasteiger partial charge < -0.3 is 19.5 Å². The van der Waals surface area contributed by atoms with Crippen molar-refractivity contribution in [2.45, 2.75) is 19.9 Å². The van der Waals surface area contributed by atoms with Crippen molar-refractivity contribution >= 4 is 5.69 Å². The quantitative estimate of drug-likeness (QED) is 0.796. The van der Waals surface area contributed by atoms with Crippen LogP contribution in [0, 0.1) is 0 Å². The number of benzene rings is 2. The minimum Gasteiger partial charge on any atom is -0.497 e. The van der Waals surface area contributed by atoms with E-state index in [0.717, 1.165) is 34.9 Å². The Balaban J connectivity index is 2.05. The second-order valence-corrected chi connectivity index (χ2v) is 4.92. The third kappa shape index (κ3) is 4.32. The topological polar surface area (TPSA) is 39.7 Å². The fourth-order valence-electron chi connectivity index (χ4n) is 2.09. The molecule has 0 unspecified atom stereocenters. The van der Waals surface area contributed by atoms with Crippen LogP contribution in [0.25, 0.3) is 0 Å². The van der Waals surface area contributed by atoms with Crippen LogP contribution >= 0.6 is 0 Å². The molecule has 0 aliphatic rings. The fourth-order valence-corrected chi connectivity index (χ4v) is 2.09. The van der Waals surface area contributed by atoms with Crippen LogP contribution in [0.5, 0.6) is 17.2 Å². The summed E-state index contributed by atoms with van der Waals surface area (Å²) in [5, 5.41) is 3.38. The van der Waals surface area contributed by atoms with Crippen molar-refractivity contribution in [3.8, 4) is 17.2 Å². The number of methoxy groups -OCH3 is 2. The highest BCUT2D eigenvalue weighted by atomic mass is 16.5. The minimum absolute atomic E-state index is 0.684. The molecular formula is C18H23NO3. The highest BCUT2D eigenvalue weighted by molar-refractivity contribution is 5.49. The lowest BCUT2D eigenvalue weighted by atomic mass is 10.2. The lowest BCUT2D eigenvalue weighted by Gasteiger charge is -2.13. The molecule has 2 aromatic carbocycles. The van der Waals surface area contributed by atoms with Crippen LogP contribution in [-0.2, 0) is 6.54 Å². The molecule has 1 N–H and O–H groups in total. The molecule has 0 heterocycles. The number of nitrogens with one attached hydrogen (secondary N) is 1. The highest BCUT2D eigenvalue weighted by Gasteiger charge is 2.06.